The lowest BCUT2D eigenvalue weighted by atomic mass is 10.1. The van der Waals surface area contributed by atoms with Crippen molar-refractivity contribution in [2.75, 3.05) is 0 Å². The molecule has 0 aliphatic heterocycles. The fourth-order valence-corrected chi connectivity index (χ4v) is 2.90. The maximum atomic E-state index is 12.7. The molecule has 30 heavy (non-hydrogen) atoms. The van der Waals surface area contributed by atoms with Crippen LogP contribution < -0.4 is 22.0 Å². The second-order valence-corrected chi connectivity index (χ2v) is 6.93. The number of fused-ring (bicyclic) bond motifs is 1. The van der Waals surface area contributed by atoms with Crippen molar-refractivity contribution in [2.24, 2.45) is 0 Å². The van der Waals surface area contributed by atoms with Crippen LogP contribution in [0.2, 0.25) is 0 Å². The summed E-state index contributed by atoms with van der Waals surface area (Å²) in [5.41, 5.74) is 3.93. The maximum Gasteiger partial charge on any atom is 0.290 e. The number of nitrogens with zero attached hydrogens (tertiary/aromatic N) is 4. The molecule has 0 saturated carbocycles. The van der Waals surface area contributed by atoms with E-state index in [0.29, 0.717) is 23.7 Å². The molecule has 0 bridgehead atoms. The van der Waals surface area contributed by atoms with Gasteiger partial charge in [-0.25, -0.2) is 9.36 Å². The molecule has 2 N–H and O–H groups in total. The normalized spacial score (nSPS) is 10.9. The second-order valence-electron chi connectivity index (χ2n) is 6.93. The molecule has 10 heteroatoms. The number of carbonyl (C=O) groups is 2. The number of amides is 2. The average molecular weight is 410 g/mol. The molecule has 2 amide bonds. The van der Waals surface area contributed by atoms with E-state index in [0.717, 1.165) is 0 Å². The standard InChI is InChI=1S/C20H22N6O4/c1-4-11-25-16(27)10-9-15(23-25)18(28)21-22-19(29)17-13-7-5-6-8-14(13)20(30)26(24-17)12(2)3/h5-10,12H,4,11H2,1-3H3,(H,21,28)(H,22,29). The van der Waals surface area contributed by atoms with Crippen LogP contribution in [0.15, 0.2) is 46.0 Å². The quantitative estimate of drug-likeness (QED) is 0.605. The van der Waals surface area contributed by atoms with E-state index >= 15 is 0 Å². The van der Waals surface area contributed by atoms with Crippen LogP contribution in [-0.4, -0.2) is 31.4 Å². The summed E-state index contributed by atoms with van der Waals surface area (Å²) in [5.74, 6) is -1.37. The first-order valence-corrected chi connectivity index (χ1v) is 9.54. The number of carbonyl (C=O) groups excluding carboxylic acids is 2. The Balaban J connectivity index is 1.86. The van der Waals surface area contributed by atoms with Crippen molar-refractivity contribution in [2.45, 2.75) is 39.8 Å². The van der Waals surface area contributed by atoms with Gasteiger partial charge in [0.2, 0.25) is 0 Å². The van der Waals surface area contributed by atoms with Gasteiger partial charge in [-0.05, 0) is 32.4 Å². The van der Waals surface area contributed by atoms with Crippen LogP contribution in [0.5, 0.6) is 0 Å². The van der Waals surface area contributed by atoms with Crippen molar-refractivity contribution in [1.82, 2.24) is 30.4 Å². The molecule has 0 aliphatic rings. The molecule has 2 aromatic heterocycles. The highest BCUT2D eigenvalue weighted by molar-refractivity contribution is 6.05. The van der Waals surface area contributed by atoms with Crippen LogP contribution in [0.4, 0.5) is 0 Å². The lowest BCUT2D eigenvalue weighted by molar-refractivity contribution is 0.0839. The molecular formula is C20H22N6O4. The van der Waals surface area contributed by atoms with Crippen LogP contribution in [0.3, 0.4) is 0 Å². The third kappa shape index (κ3) is 4.12. The number of hydrogen-bond donors (Lipinski definition) is 2. The van der Waals surface area contributed by atoms with Crippen LogP contribution in [0.1, 0.15) is 54.2 Å². The summed E-state index contributed by atoms with van der Waals surface area (Å²) >= 11 is 0. The smallest absolute Gasteiger partial charge is 0.268 e. The van der Waals surface area contributed by atoms with Crippen molar-refractivity contribution < 1.29 is 9.59 Å². The van der Waals surface area contributed by atoms with Gasteiger partial charge in [0.1, 0.15) is 0 Å². The van der Waals surface area contributed by atoms with Gasteiger partial charge in [-0.15, -0.1) is 0 Å². The highest BCUT2D eigenvalue weighted by Crippen LogP contribution is 2.14. The molecule has 1 aromatic carbocycles. The molecule has 10 nitrogen and oxygen atoms in total. The van der Waals surface area contributed by atoms with Gasteiger partial charge in [-0.2, -0.15) is 10.2 Å². The lowest BCUT2D eigenvalue weighted by Crippen LogP contribution is -2.43. The molecular weight excluding hydrogens is 388 g/mol. The number of aryl methyl sites for hydroxylation is 1. The molecule has 3 aromatic rings. The lowest BCUT2D eigenvalue weighted by Gasteiger charge is -2.13. The number of hydrazine groups is 1. The van der Waals surface area contributed by atoms with Gasteiger partial charge in [-0.3, -0.25) is 30.0 Å². The van der Waals surface area contributed by atoms with Crippen molar-refractivity contribution in [3.8, 4) is 0 Å². The molecule has 0 aliphatic carbocycles. The highest BCUT2D eigenvalue weighted by atomic mass is 16.2. The number of aromatic nitrogens is 4. The first kappa shape index (κ1) is 20.9. The Morgan fingerprint density at radius 2 is 1.63 bits per heavy atom. The Morgan fingerprint density at radius 1 is 0.967 bits per heavy atom. The van der Waals surface area contributed by atoms with Crippen molar-refractivity contribution in [3.05, 3.63) is 68.5 Å². The second kappa shape index (κ2) is 8.68. The predicted molar refractivity (Wildman–Crippen MR) is 110 cm³/mol. The van der Waals surface area contributed by atoms with Gasteiger partial charge in [0, 0.05) is 18.0 Å². The minimum atomic E-state index is -0.685. The number of benzene rings is 1. The summed E-state index contributed by atoms with van der Waals surface area (Å²) in [6.07, 6.45) is 0.680. The minimum Gasteiger partial charge on any atom is -0.268 e. The zero-order valence-corrected chi connectivity index (χ0v) is 16.9. The van der Waals surface area contributed by atoms with Crippen molar-refractivity contribution in [1.29, 1.82) is 0 Å². The predicted octanol–water partition coefficient (Wildman–Crippen LogP) is 1.02. The Morgan fingerprint density at radius 3 is 2.30 bits per heavy atom. The highest BCUT2D eigenvalue weighted by Gasteiger charge is 2.19. The molecule has 0 fully saturated rings. The molecule has 0 saturated heterocycles. The summed E-state index contributed by atoms with van der Waals surface area (Å²) in [7, 11) is 0. The maximum absolute atomic E-state index is 12.7. The Hall–Kier alpha value is -3.82. The largest absolute Gasteiger partial charge is 0.290 e. The minimum absolute atomic E-state index is 0.00288. The topological polar surface area (TPSA) is 128 Å². The summed E-state index contributed by atoms with van der Waals surface area (Å²) in [5, 5.41) is 8.90. The van der Waals surface area contributed by atoms with Crippen LogP contribution in [-0.2, 0) is 6.54 Å². The van der Waals surface area contributed by atoms with E-state index in [9.17, 15) is 19.2 Å². The molecule has 0 spiro atoms. The summed E-state index contributed by atoms with van der Waals surface area (Å²) < 4.78 is 2.41. The van der Waals surface area contributed by atoms with Gasteiger partial charge in [-0.1, -0.05) is 25.1 Å². The van der Waals surface area contributed by atoms with E-state index in [1.165, 1.54) is 21.5 Å². The van der Waals surface area contributed by atoms with E-state index in [4.69, 9.17) is 0 Å². The fraction of sp³-hybridized carbons (Fsp3) is 0.300. The van der Waals surface area contributed by atoms with Gasteiger partial charge in [0.05, 0.1) is 11.4 Å². The third-order valence-electron chi connectivity index (χ3n) is 4.36. The summed E-state index contributed by atoms with van der Waals surface area (Å²) in [6.45, 7) is 5.82. The molecule has 0 atom stereocenters. The Bertz CT molecular complexity index is 1230. The third-order valence-corrected chi connectivity index (χ3v) is 4.36. The number of rotatable bonds is 5. The Labute approximate surface area is 171 Å². The van der Waals surface area contributed by atoms with Gasteiger partial charge >= 0.3 is 0 Å². The summed E-state index contributed by atoms with van der Waals surface area (Å²) in [4.78, 5) is 49.4. The van der Waals surface area contributed by atoms with E-state index < -0.39 is 11.8 Å². The van der Waals surface area contributed by atoms with E-state index in [2.05, 4.69) is 21.0 Å². The zero-order valence-electron chi connectivity index (χ0n) is 16.9. The SMILES string of the molecule is CCCn1nc(C(=O)NNC(=O)c2nn(C(C)C)c(=O)c3ccccc23)ccc1=O. The van der Waals surface area contributed by atoms with Crippen molar-refractivity contribution >= 4 is 22.6 Å². The van der Waals surface area contributed by atoms with Gasteiger partial charge < -0.3 is 0 Å². The van der Waals surface area contributed by atoms with Crippen LogP contribution in [0.25, 0.3) is 10.8 Å². The van der Waals surface area contributed by atoms with Gasteiger partial charge in [0.15, 0.2) is 11.4 Å². The first-order chi connectivity index (χ1) is 14.3. The first-order valence-electron chi connectivity index (χ1n) is 9.54. The molecule has 0 unspecified atom stereocenters. The number of hydrogen-bond acceptors (Lipinski definition) is 6. The van der Waals surface area contributed by atoms with E-state index in [1.807, 2.05) is 6.92 Å². The summed E-state index contributed by atoms with van der Waals surface area (Å²) in [6, 6.07) is 8.90. The van der Waals surface area contributed by atoms with E-state index in [-0.39, 0.29) is 28.5 Å². The van der Waals surface area contributed by atoms with Gasteiger partial charge in [0.25, 0.3) is 22.9 Å². The Kier molecular flexibility index (Phi) is 6.05. The molecule has 3 rings (SSSR count). The fourth-order valence-electron chi connectivity index (χ4n) is 2.90. The van der Waals surface area contributed by atoms with Crippen molar-refractivity contribution in [3.63, 3.8) is 0 Å². The van der Waals surface area contributed by atoms with E-state index in [1.54, 1.807) is 38.1 Å². The van der Waals surface area contributed by atoms with Crippen LogP contribution in [0, 0.1) is 0 Å². The monoisotopic (exact) mass is 410 g/mol. The molecule has 2 heterocycles. The average Bonchev–Trinajstić information content (AvgIpc) is 2.73. The number of nitrogens with one attached hydrogen (secondary N) is 2. The molecule has 0 radical (unpaired) electrons. The molecule has 156 valence electrons. The van der Waals surface area contributed by atoms with Crippen LogP contribution >= 0.6 is 0 Å². The zero-order chi connectivity index (χ0) is 21.8.